The number of rotatable bonds is 6. The molecule has 1 aromatic carbocycles. The summed E-state index contributed by atoms with van der Waals surface area (Å²) in [7, 11) is 0. The van der Waals surface area contributed by atoms with E-state index in [9.17, 15) is 40.3 Å². The van der Waals surface area contributed by atoms with Gasteiger partial charge in [0.05, 0.1) is 6.67 Å². The van der Waals surface area contributed by atoms with Crippen molar-refractivity contribution < 1.29 is 60.1 Å². The summed E-state index contributed by atoms with van der Waals surface area (Å²) in [6, 6.07) is 9.61. The molecule has 18 heteroatoms. The van der Waals surface area contributed by atoms with Crippen LogP contribution in [0.3, 0.4) is 0 Å². The molecule has 2 aromatic rings. The molecule has 0 bridgehead atoms. The summed E-state index contributed by atoms with van der Waals surface area (Å²) in [6.45, 7) is 3.99. The van der Waals surface area contributed by atoms with Gasteiger partial charge in [-0.3, -0.25) is 19.5 Å². The minimum atomic E-state index is -5.08. The number of carbonyl (C=O) groups is 4. The van der Waals surface area contributed by atoms with E-state index in [1.165, 1.54) is 18.2 Å². The summed E-state index contributed by atoms with van der Waals surface area (Å²) in [5, 5.41) is 20.1. The molecule has 2 amide bonds. The Labute approximate surface area is 245 Å². The van der Waals surface area contributed by atoms with Crippen molar-refractivity contribution in [3.05, 3.63) is 65.7 Å². The molecule has 4 N–H and O–H groups in total. The van der Waals surface area contributed by atoms with Crippen molar-refractivity contribution in [2.45, 2.75) is 37.3 Å². The summed E-state index contributed by atoms with van der Waals surface area (Å²) >= 11 is 0. The van der Waals surface area contributed by atoms with Crippen molar-refractivity contribution >= 4 is 23.8 Å². The van der Waals surface area contributed by atoms with Crippen LogP contribution < -0.4 is 10.6 Å². The third-order valence-electron chi connectivity index (χ3n) is 6.52. The predicted octanol–water partition coefficient (Wildman–Crippen LogP) is 2.64. The first-order valence-electron chi connectivity index (χ1n) is 12.7. The molecule has 11 nitrogen and oxygen atoms in total. The number of hydrogen-bond acceptors (Lipinski definition) is 7. The quantitative estimate of drug-likeness (QED) is 0.350. The van der Waals surface area contributed by atoms with Crippen LogP contribution in [0.1, 0.15) is 28.8 Å². The Balaban J connectivity index is 0.000000402. The van der Waals surface area contributed by atoms with Gasteiger partial charge in [-0.1, -0.05) is 12.1 Å². The van der Waals surface area contributed by atoms with Gasteiger partial charge < -0.3 is 25.7 Å². The van der Waals surface area contributed by atoms with Crippen LogP contribution in [0.4, 0.5) is 30.7 Å². The molecule has 1 spiro atoms. The van der Waals surface area contributed by atoms with Gasteiger partial charge in [0.1, 0.15) is 11.4 Å². The van der Waals surface area contributed by atoms with Crippen LogP contribution in [0, 0.1) is 5.82 Å². The fourth-order valence-corrected chi connectivity index (χ4v) is 4.30. The van der Waals surface area contributed by atoms with Crippen LogP contribution in [0.15, 0.2) is 48.8 Å². The minimum absolute atomic E-state index is 0.102. The molecule has 3 heterocycles. The van der Waals surface area contributed by atoms with Crippen molar-refractivity contribution in [3.63, 3.8) is 0 Å². The zero-order valence-corrected chi connectivity index (χ0v) is 22.8. The maximum atomic E-state index is 13.3. The number of carbonyl (C=O) groups excluding carboxylic acids is 2. The smallest absolute Gasteiger partial charge is 0.475 e. The number of carboxylic acid groups (broad SMARTS) is 2. The summed E-state index contributed by atoms with van der Waals surface area (Å²) in [5.74, 6) is -6.11. The van der Waals surface area contributed by atoms with E-state index in [0.29, 0.717) is 31.9 Å². The maximum Gasteiger partial charge on any atom is 0.490 e. The number of nitrogens with zero attached hydrogens (tertiary/aromatic N) is 3. The number of aromatic nitrogens is 1. The molecule has 2 fully saturated rings. The highest BCUT2D eigenvalue weighted by Crippen LogP contribution is 2.33. The van der Waals surface area contributed by atoms with Crippen LogP contribution in [0.2, 0.25) is 0 Å². The zero-order chi connectivity index (χ0) is 33.1. The first-order chi connectivity index (χ1) is 20.5. The molecule has 2 saturated heterocycles. The Morgan fingerprint density at radius 3 is 2.07 bits per heavy atom. The summed E-state index contributed by atoms with van der Waals surface area (Å²) in [4.78, 5) is 51.2. The second-order valence-electron chi connectivity index (χ2n) is 9.47. The van der Waals surface area contributed by atoms with Crippen LogP contribution in [0.25, 0.3) is 0 Å². The van der Waals surface area contributed by atoms with Gasteiger partial charge in [-0.25, -0.2) is 14.0 Å². The molecule has 0 atom stereocenters. The molecule has 0 radical (unpaired) electrons. The number of alkyl halides is 6. The van der Waals surface area contributed by atoms with Gasteiger partial charge in [0, 0.05) is 50.7 Å². The molecule has 0 aliphatic carbocycles. The Hall–Kier alpha value is -4.32. The lowest BCUT2D eigenvalue weighted by molar-refractivity contribution is -0.193. The third kappa shape index (κ3) is 10.7. The molecule has 4 rings (SSSR count). The molecule has 44 heavy (non-hydrogen) atoms. The lowest BCUT2D eigenvalue weighted by atomic mass is 9.86. The van der Waals surface area contributed by atoms with Gasteiger partial charge in [-0.2, -0.15) is 26.3 Å². The van der Waals surface area contributed by atoms with Crippen LogP contribution in [-0.4, -0.2) is 99.5 Å². The molecule has 2 aliphatic heterocycles. The molecular formula is C26H28F7N5O6. The SMILES string of the molecule is O=C(NCCN1CCC2(CC1)C(=O)NCN2Cc1cccnc1)c1cccc(F)c1.O=C(O)C(F)(F)F.O=C(O)C(F)(F)F. The number of carboxylic acids is 2. The molecule has 0 unspecified atom stereocenters. The minimum Gasteiger partial charge on any atom is -0.475 e. The maximum absolute atomic E-state index is 13.3. The number of piperidine rings is 1. The zero-order valence-electron chi connectivity index (χ0n) is 22.8. The Morgan fingerprint density at radius 1 is 0.977 bits per heavy atom. The Bertz CT molecular complexity index is 1260. The Kier molecular flexibility index (Phi) is 12.6. The lowest BCUT2D eigenvalue weighted by Gasteiger charge is -2.42. The van der Waals surface area contributed by atoms with Crippen molar-refractivity contribution in [1.82, 2.24) is 25.4 Å². The highest BCUT2D eigenvalue weighted by atomic mass is 19.4. The van der Waals surface area contributed by atoms with Crippen LogP contribution in [0.5, 0.6) is 0 Å². The second-order valence-corrected chi connectivity index (χ2v) is 9.47. The second kappa shape index (κ2) is 15.4. The molecular weight excluding hydrogens is 611 g/mol. The average Bonchev–Trinajstić information content (AvgIpc) is 3.24. The van der Waals surface area contributed by atoms with E-state index in [1.54, 1.807) is 12.3 Å². The van der Waals surface area contributed by atoms with E-state index in [0.717, 1.165) is 31.5 Å². The normalized spacial score (nSPS) is 16.6. The summed E-state index contributed by atoms with van der Waals surface area (Å²) in [5.41, 5.74) is 0.939. The number of aliphatic carboxylic acids is 2. The number of pyridine rings is 1. The fourth-order valence-electron chi connectivity index (χ4n) is 4.30. The molecule has 2 aliphatic rings. The highest BCUT2D eigenvalue weighted by Gasteiger charge is 2.49. The highest BCUT2D eigenvalue weighted by molar-refractivity contribution is 5.94. The van der Waals surface area contributed by atoms with Crippen molar-refractivity contribution in [3.8, 4) is 0 Å². The number of nitrogens with one attached hydrogen (secondary N) is 2. The van der Waals surface area contributed by atoms with E-state index in [4.69, 9.17) is 19.8 Å². The van der Waals surface area contributed by atoms with Gasteiger partial charge >= 0.3 is 24.3 Å². The largest absolute Gasteiger partial charge is 0.490 e. The lowest BCUT2D eigenvalue weighted by Crippen LogP contribution is -2.56. The summed E-state index contributed by atoms with van der Waals surface area (Å²) < 4.78 is 76.7. The topological polar surface area (TPSA) is 152 Å². The first-order valence-corrected chi connectivity index (χ1v) is 12.7. The van der Waals surface area contributed by atoms with Gasteiger partial charge in [0.25, 0.3) is 5.91 Å². The molecule has 0 saturated carbocycles. The predicted molar refractivity (Wildman–Crippen MR) is 137 cm³/mol. The van der Waals surface area contributed by atoms with Gasteiger partial charge in [0.2, 0.25) is 5.91 Å². The van der Waals surface area contributed by atoms with Crippen molar-refractivity contribution in [2.24, 2.45) is 0 Å². The monoisotopic (exact) mass is 639 g/mol. The van der Waals surface area contributed by atoms with Gasteiger partial charge in [-0.15, -0.1) is 0 Å². The Morgan fingerprint density at radius 2 is 1.57 bits per heavy atom. The van der Waals surface area contributed by atoms with Crippen molar-refractivity contribution in [1.29, 1.82) is 0 Å². The van der Waals surface area contributed by atoms with Gasteiger partial charge in [0.15, 0.2) is 0 Å². The molecule has 242 valence electrons. The van der Waals surface area contributed by atoms with E-state index in [-0.39, 0.29) is 11.8 Å². The fraction of sp³-hybridized carbons (Fsp3) is 0.423. The van der Waals surface area contributed by atoms with E-state index >= 15 is 0 Å². The van der Waals surface area contributed by atoms with Crippen LogP contribution >= 0.6 is 0 Å². The first kappa shape index (κ1) is 35.9. The van der Waals surface area contributed by atoms with Crippen LogP contribution in [-0.2, 0) is 20.9 Å². The van der Waals surface area contributed by atoms with E-state index in [1.807, 2.05) is 18.3 Å². The van der Waals surface area contributed by atoms with E-state index in [2.05, 4.69) is 25.4 Å². The third-order valence-corrected chi connectivity index (χ3v) is 6.52. The summed E-state index contributed by atoms with van der Waals surface area (Å²) in [6.07, 6.45) is -5.08. The van der Waals surface area contributed by atoms with E-state index < -0.39 is 35.6 Å². The number of amides is 2. The number of likely N-dealkylation sites (tertiary alicyclic amines) is 1. The van der Waals surface area contributed by atoms with Gasteiger partial charge in [-0.05, 0) is 42.7 Å². The molecule has 1 aromatic heterocycles. The van der Waals surface area contributed by atoms with Crippen molar-refractivity contribution in [2.75, 3.05) is 32.8 Å². The number of benzene rings is 1. The average molecular weight is 640 g/mol. The number of hydrogen-bond donors (Lipinski definition) is 4. The number of halogens is 7. The standard InChI is InChI=1S/C22H26FN5O2.2C2HF3O2/c23-19-5-1-4-18(13-19)20(29)25-9-12-27-10-6-22(7-11-27)21(30)26-16-28(22)15-17-3-2-8-24-14-17;2*3-2(4,5)1(6)7/h1-5,8,13-14H,6-7,9-12,15-16H2,(H,25,29)(H,26,30);2*(H,6,7).